The molecule has 0 spiro atoms. The Morgan fingerprint density at radius 2 is 0.667 bits per heavy atom. The van der Waals surface area contributed by atoms with Crippen molar-refractivity contribution in [3.8, 4) is 0 Å². The standard InChI is InChI=1S/C42H86O6/c1-3-5-7-9-11-13-15-17-19-21-23-25-27-29-31-33-35-47-38-40(42(46)41(45)39(44)37-43)48-36-34-32-30-28-26-24-22-20-18-16-14-12-10-8-6-4-2/h39-46H,3-38H2,1-2H3/t39-,40-,41-,42-/m1/s1. The van der Waals surface area contributed by atoms with E-state index in [2.05, 4.69) is 13.8 Å². The van der Waals surface area contributed by atoms with Gasteiger partial charge in [0.05, 0.1) is 13.2 Å². The average Bonchev–Trinajstić information content (AvgIpc) is 3.10. The lowest BCUT2D eigenvalue weighted by atomic mass is 10.0. The van der Waals surface area contributed by atoms with Gasteiger partial charge in [-0.2, -0.15) is 0 Å². The molecule has 48 heavy (non-hydrogen) atoms. The van der Waals surface area contributed by atoms with E-state index in [9.17, 15) is 20.4 Å². The van der Waals surface area contributed by atoms with E-state index >= 15 is 0 Å². The SMILES string of the molecule is CCCCCCCCCCCCCCCCCCOC[C@@H](OCCCCCCCCCCCCCCCCCC)[C@@H](O)[C@H](O)[C@H](O)CO. The minimum atomic E-state index is -1.47. The van der Waals surface area contributed by atoms with Crippen LogP contribution < -0.4 is 0 Å². The first-order chi connectivity index (χ1) is 23.6. The molecule has 290 valence electrons. The fourth-order valence-corrected chi connectivity index (χ4v) is 6.64. The molecule has 0 aliphatic carbocycles. The quantitative estimate of drug-likeness (QED) is 0.0478. The maximum atomic E-state index is 10.6. The van der Waals surface area contributed by atoms with Crippen molar-refractivity contribution < 1.29 is 29.9 Å². The predicted molar refractivity (Wildman–Crippen MR) is 205 cm³/mol. The average molecular weight is 687 g/mol. The van der Waals surface area contributed by atoms with Gasteiger partial charge in [0.15, 0.2) is 0 Å². The Bertz CT molecular complexity index is 590. The first-order valence-corrected chi connectivity index (χ1v) is 21.4. The fourth-order valence-electron chi connectivity index (χ4n) is 6.64. The van der Waals surface area contributed by atoms with Crippen LogP contribution in [0.2, 0.25) is 0 Å². The molecule has 0 aliphatic heterocycles. The number of aliphatic hydroxyl groups excluding tert-OH is 4. The third kappa shape index (κ3) is 32.9. The van der Waals surface area contributed by atoms with Crippen molar-refractivity contribution >= 4 is 0 Å². The summed E-state index contributed by atoms with van der Waals surface area (Å²) < 4.78 is 11.8. The van der Waals surface area contributed by atoms with E-state index in [-0.39, 0.29) is 6.61 Å². The molecule has 0 rings (SSSR count). The van der Waals surface area contributed by atoms with Gasteiger partial charge in [-0.05, 0) is 12.8 Å². The topological polar surface area (TPSA) is 99.4 Å². The Morgan fingerprint density at radius 3 is 0.979 bits per heavy atom. The van der Waals surface area contributed by atoms with Gasteiger partial charge in [-0.15, -0.1) is 0 Å². The first kappa shape index (κ1) is 47.8. The third-order valence-corrected chi connectivity index (χ3v) is 10.1. The lowest BCUT2D eigenvalue weighted by Crippen LogP contribution is -2.48. The number of rotatable bonds is 41. The van der Waals surface area contributed by atoms with E-state index in [4.69, 9.17) is 9.47 Å². The summed E-state index contributed by atoms with van der Waals surface area (Å²) >= 11 is 0. The Morgan fingerprint density at radius 1 is 0.375 bits per heavy atom. The molecule has 0 unspecified atom stereocenters. The van der Waals surface area contributed by atoms with Crippen LogP contribution in [0, 0.1) is 0 Å². The summed E-state index contributed by atoms with van der Waals surface area (Å²) in [7, 11) is 0. The van der Waals surface area contributed by atoms with Gasteiger partial charge in [0.1, 0.15) is 24.4 Å². The smallest absolute Gasteiger partial charge is 0.111 e. The van der Waals surface area contributed by atoms with E-state index < -0.39 is 31.0 Å². The second-order valence-corrected chi connectivity index (χ2v) is 14.8. The highest BCUT2D eigenvalue weighted by Gasteiger charge is 2.32. The van der Waals surface area contributed by atoms with Gasteiger partial charge in [0, 0.05) is 13.2 Å². The highest BCUT2D eigenvalue weighted by atomic mass is 16.5. The minimum Gasteiger partial charge on any atom is -0.394 e. The van der Waals surface area contributed by atoms with E-state index in [1.165, 1.54) is 180 Å². The van der Waals surface area contributed by atoms with E-state index in [1.54, 1.807) is 0 Å². The molecule has 0 aromatic carbocycles. The van der Waals surface area contributed by atoms with Crippen LogP contribution in [-0.2, 0) is 9.47 Å². The summed E-state index contributed by atoms with van der Waals surface area (Å²) in [6, 6.07) is 0. The van der Waals surface area contributed by atoms with Crippen LogP contribution in [0.1, 0.15) is 219 Å². The van der Waals surface area contributed by atoms with Gasteiger partial charge in [-0.3, -0.25) is 0 Å². The van der Waals surface area contributed by atoms with E-state index in [0.717, 1.165) is 25.7 Å². The summed E-state index contributed by atoms with van der Waals surface area (Å²) in [5.74, 6) is 0. The molecule has 0 aromatic heterocycles. The van der Waals surface area contributed by atoms with E-state index in [1.807, 2.05) is 0 Å². The predicted octanol–water partition coefficient (Wildman–Crippen LogP) is 11.0. The number of hydrogen-bond donors (Lipinski definition) is 4. The second kappa shape index (κ2) is 39.5. The summed E-state index contributed by atoms with van der Waals surface area (Å²) in [5.41, 5.74) is 0. The van der Waals surface area contributed by atoms with E-state index in [0.29, 0.717) is 13.2 Å². The van der Waals surface area contributed by atoms with Crippen molar-refractivity contribution in [2.24, 2.45) is 0 Å². The monoisotopic (exact) mass is 687 g/mol. The lowest BCUT2D eigenvalue weighted by molar-refractivity contribution is -0.147. The molecule has 6 nitrogen and oxygen atoms in total. The van der Waals surface area contributed by atoms with Crippen LogP contribution in [0.15, 0.2) is 0 Å². The Balaban J connectivity index is 3.83. The number of aliphatic hydroxyl groups is 4. The third-order valence-electron chi connectivity index (χ3n) is 10.1. The van der Waals surface area contributed by atoms with Gasteiger partial charge >= 0.3 is 0 Å². The van der Waals surface area contributed by atoms with Crippen molar-refractivity contribution in [2.45, 2.75) is 244 Å². The van der Waals surface area contributed by atoms with Crippen LogP contribution >= 0.6 is 0 Å². The minimum absolute atomic E-state index is 0.175. The summed E-state index contributed by atoms with van der Waals surface area (Å²) in [4.78, 5) is 0. The van der Waals surface area contributed by atoms with Crippen LogP contribution in [-0.4, -0.2) is 71.3 Å². The van der Waals surface area contributed by atoms with Crippen LogP contribution in [0.5, 0.6) is 0 Å². The van der Waals surface area contributed by atoms with Crippen molar-refractivity contribution in [1.29, 1.82) is 0 Å². The summed E-state index contributed by atoms with van der Waals surface area (Å²) in [6.07, 6.45) is 37.4. The molecule has 0 amide bonds. The number of unbranched alkanes of at least 4 members (excludes halogenated alkanes) is 30. The van der Waals surface area contributed by atoms with Crippen LogP contribution in [0.25, 0.3) is 0 Å². The molecule has 0 saturated carbocycles. The molecule has 0 bridgehead atoms. The largest absolute Gasteiger partial charge is 0.394 e. The molecule has 4 atom stereocenters. The fraction of sp³-hybridized carbons (Fsp3) is 1.00. The Kier molecular flexibility index (Phi) is 39.3. The zero-order valence-electron chi connectivity index (χ0n) is 32.4. The van der Waals surface area contributed by atoms with Crippen molar-refractivity contribution in [2.75, 3.05) is 26.4 Å². The second-order valence-electron chi connectivity index (χ2n) is 14.8. The number of hydrogen-bond acceptors (Lipinski definition) is 6. The highest BCUT2D eigenvalue weighted by Crippen LogP contribution is 2.16. The molecule has 0 fully saturated rings. The Labute approximate surface area is 299 Å². The Hall–Kier alpha value is -0.240. The molecule has 0 saturated heterocycles. The van der Waals surface area contributed by atoms with Gasteiger partial charge < -0.3 is 29.9 Å². The normalized spacial score (nSPS) is 14.4. The molecular weight excluding hydrogens is 600 g/mol. The molecule has 4 N–H and O–H groups in total. The molecule has 6 heteroatoms. The van der Waals surface area contributed by atoms with Crippen molar-refractivity contribution in [3.63, 3.8) is 0 Å². The van der Waals surface area contributed by atoms with Gasteiger partial charge in [0.25, 0.3) is 0 Å². The molecule has 0 radical (unpaired) electrons. The van der Waals surface area contributed by atoms with Crippen LogP contribution in [0.3, 0.4) is 0 Å². The summed E-state index contributed by atoms with van der Waals surface area (Å²) in [5, 5.41) is 39.9. The molecule has 0 aliphatic rings. The number of ether oxygens (including phenoxy) is 2. The molecular formula is C42H86O6. The molecule has 0 heterocycles. The first-order valence-electron chi connectivity index (χ1n) is 21.4. The zero-order valence-corrected chi connectivity index (χ0v) is 32.4. The lowest BCUT2D eigenvalue weighted by Gasteiger charge is -2.29. The van der Waals surface area contributed by atoms with Gasteiger partial charge in [-0.1, -0.05) is 206 Å². The molecule has 0 aromatic rings. The van der Waals surface area contributed by atoms with Gasteiger partial charge in [-0.25, -0.2) is 0 Å². The highest BCUT2D eigenvalue weighted by molar-refractivity contribution is 4.81. The maximum Gasteiger partial charge on any atom is 0.111 e. The maximum absolute atomic E-state index is 10.6. The zero-order chi connectivity index (χ0) is 35.2. The van der Waals surface area contributed by atoms with Gasteiger partial charge in [0.2, 0.25) is 0 Å². The van der Waals surface area contributed by atoms with Crippen LogP contribution in [0.4, 0.5) is 0 Å². The van der Waals surface area contributed by atoms with Crippen molar-refractivity contribution in [1.82, 2.24) is 0 Å². The van der Waals surface area contributed by atoms with Crippen molar-refractivity contribution in [3.05, 3.63) is 0 Å². The summed E-state index contributed by atoms with van der Waals surface area (Å²) in [6.45, 7) is 5.21.